The largest absolute Gasteiger partial charge is 0.370 e. The summed E-state index contributed by atoms with van der Waals surface area (Å²) in [6.45, 7) is 6.89. The SMILES string of the molecule is CC(C)C[C@@H](C(=O)N1CCC(CC(N)=O)CC1)N1CCN[C@@H](CC2CCCCC2)C1=O. The molecule has 2 heterocycles. The van der Waals surface area contributed by atoms with Crippen LogP contribution in [0.15, 0.2) is 0 Å². The molecule has 0 spiro atoms. The molecule has 0 bridgehead atoms. The molecule has 3 fully saturated rings. The Morgan fingerprint density at radius 2 is 1.71 bits per heavy atom. The maximum atomic E-state index is 13.5. The molecule has 2 atom stereocenters. The van der Waals surface area contributed by atoms with Gasteiger partial charge in [0.2, 0.25) is 17.7 Å². The van der Waals surface area contributed by atoms with E-state index in [1.165, 1.54) is 32.1 Å². The number of nitrogens with zero attached hydrogens (tertiary/aromatic N) is 2. The van der Waals surface area contributed by atoms with Crippen molar-refractivity contribution in [3.63, 3.8) is 0 Å². The number of amides is 3. The van der Waals surface area contributed by atoms with Crippen molar-refractivity contribution < 1.29 is 14.4 Å². The Hall–Kier alpha value is -1.63. The highest BCUT2D eigenvalue weighted by molar-refractivity contribution is 5.90. The van der Waals surface area contributed by atoms with Crippen molar-refractivity contribution in [2.24, 2.45) is 23.5 Å². The van der Waals surface area contributed by atoms with Crippen LogP contribution in [0.4, 0.5) is 0 Å². The third-order valence-electron chi connectivity index (χ3n) is 7.39. The van der Waals surface area contributed by atoms with Gasteiger partial charge in [-0.15, -0.1) is 0 Å². The summed E-state index contributed by atoms with van der Waals surface area (Å²) in [6.07, 6.45) is 9.92. The average Bonchev–Trinajstić information content (AvgIpc) is 2.74. The standard InChI is InChI=1S/C24H42N4O3/c1-17(2)14-21(24(31)27-11-8-19(9-12-27)16-22(25)29)28-13-10-26-20(23(28)30)15-18-6-4-3-5-7-18/h17-21,26H,3-16H2,1-2H3,(H2,25,29)/t20-,21-/m0/s1. The van der Waals surface area contributed by atoms with Gasteiger partial charge in [-0.1, -0.05) is 46.0 Å². The average molecular weight is 435 g/mol. The second-order valence-electron chi connectivity index (χ2n) is 10.4. The van der Waals surface area contributed by atoms with Crippen molar-refractivity contribution in [1.82, 2.24) is 15.1 Å². The summed E-state index contributed by atoms with van der Waals surface area (Å²) in [4.78, 5) is 42.0. The molecule has 3 rings (SSSR count). The lowest BCUT2D eigenvalue weighted by Crippen LogP contribution is -2.62. The van der Waals surface area contributed by atoms with Crippen LogP contribution in [-0.2, 0) is 14.4 Å². The molecule has 1 aliphatic carbocycles. The fourth-order valence-corrected chi connectivity index (χ4v) is 5.67. The van der Waals surface area contributed by atoms with Gasteiger partial charge in [0, 0.05) is 32.6 Å². The molecule has 2 aliphatic heterocycles. The van der Waals surface area contributed by atoms with Crippen LogP contribution in [0.5, 0.6) is 0 Å². The van der Waals surface area contributed by atoms with E-state index in [0.29, 0.717) is 44.3 Å². The number of piperazine rings is 1. The second kappa shape index (κ2) is 11.3. The summed E-state index contributed by atoms with van der Waals surface area (Å²) in [5.74, 6) is 1.15. The second-order valence-corrected chi connectivity index (χ2v) is 10.4. The number of nitrogens with one attached hydrogen (secondary N) is 1. The van der Waals surface area contributed by atoms with E-state index in [-0.39, 0.29) is 35.7 Å². The summed E-state index contributed by atoms with van der Waals surface area (Å²) in [6, 6.07) is -0.531. The fraction of sp³-hybridized carbons (Fsp3) is 0.875. The monoisotopic (exact) mass is 434 g/mol. The number of nitrogens with two attached hydrogens (primary N) is 1. The van der Waals surface area contributed by atoms with Gasteiger partial charge in [0.25, 0.3) is 0 Å². The van der Waals surface area contributed by atoms with Crippen LogP contribution in [0.3, 0.4) is 0 Å². The molecule has 0 aromatic rings. The van der Waals surface area contributed by atoms with Crippen molar-refractivity contribution >= 4 is 17.7 Å². The quantitative estimate of drug-likeness (QED) is 0.613. The zero-order valence-corrected chi connectivity index (χ0v) is 19.5. The molecular weight excluding hydrogens is 392 g/mol. The molecule has 176 valence electrons. The maximum absolute atomic E-state index is 13.5. The summed E-state index contributed by atoms with van der Waals surface area (Å²) in [7, 11) is 0. The van der Waals surface area contributed by atoms with E-state index in [2.05, 4.69) is 19.2 Å². The fourth-order valence-electron chi connectivity index (χ4n) is 5.67. The summed E-state index contributed by atoms with van der Waals surface area (Å²) in [5.41, 5.74) is 5.34. The highest BCUT2D eigenvalue weighted by Gasteiger charge is 2.39. The smallest absolute Gasteiger partial charge is 0.245 e. The minimum Gasteiger partial charge on any atom is -0.370 e. The lowest BCUT2D eigenvalue weighted by Gasteiger charge is -2.42. The van der Waals surface area contributed by atoms with Crippen molar-refractivity contribution in [1.29, 1.82) is 0 Å². The van der Waals surface area contributed by atoms with Gasteiger partial charge >= 0.3 is 0 Å². The zero-order valence-electron chi connectivity index (χ0n) is 19.5. The molecule has 0 unspecified atom stereocenters. The Morgan fingerprint density at radius 1 is 1.03 bits per heavy atom. The Morgan fingerprint density at radius 3 is 2.32 bits per heavy atom. The Labute approximate surface area is 187 Å². The number of piperidine rings is 1. The molecule has 1 saturated carbocycles. The number of rotatable bonds is 8. The van der Waals surface area contributed by atoms with Crippen molar-refractivity contribution in [3.8, 4) is 0 Å². The lowest BCUT2D eigenvalue weighted by molar-refractivity contribution is -0.150. The Bertz CT molecular complexity index is 624. The first-order valence-corrected chi connectivity index (χ1v) is 12.5. The van der Waals surface area contributed by atoms with Gasteiger partial charge in [0.1, 0.15) is 6.04 Å². The van der Waals surface area contributed by atoms with Crippen LogP contribution in [0.25, 0.3) is 0 Å². The minimum absolute atomic E-state index is 0.0814. The number of primary amides is 1. The molecule has 3 aliphatic rings. The van der Waals surface area contributed by atoms with Crippen molar-refractivity contribution in [2.75, 3.05) is 26.2 Å². The molecule has 0 aromatic heterocycles. The number of hydrogen-bond donors (Lipinski definition) is 2. The first-order chi connectivity index (χ1) is 14.8. The van der Waals surface area contributed by atoms with E-state index >= 15 is 0 Å². The molecule has 3 N–H and O–H groups in total. The molecule has 0 aromatic carbocycles. The summed E-state index contributed by atoms with van der Waals surface area (Å²) in [5, 5.41) is 3.44. The molecule has 7 nitrogen and oxygen atoms in total. The first-order valence-electron chi connectivity index (χ1n) is 12.5. The van der Waals surface area contributed by atoms with Crippen LogP contribution in [0.2, 0.25) is 0 Å². The molecule has 2 saturated heterocycles. The van der Waals surface area contributed by atoms with Crippen molar-refractivity contribution in [2.45, 2.75) is 90.1 Å². The van der Waals surface area contributed by atoms with Gasteiger partial charge in [-0.2, -0.15) is 0 Å². The van der Waals surface area contributed by atoms with E-state index in [9.17, 15) is 14.4 Å². The van der Waals surface area contributed by atoms with E-state index in [1.54, 1.807) is 0 Å². The van der Waals surface area contributed by atoms with E-state index in [4.69, 9.17) is 5.73 Å². The zero-order chi connectivity index (χ0) is 22.4. The van der Waals surface area contributed by atoms with Gasteiger partial charge < -0.3 is 20.9 Å². The van der Waals surface area contributed by atoms with E-state index in [0.717, 1.165) is 25.8 Å². The highest BCUT2D eigenvalue weighted by Crippen LogP contribution is 2.29. The van der Waals surface area contributed by atoms with Gasteiger partial charge in [-0.3, -0.25) is 14.4 Å². The molecule has 3 amide bonds. The Balaban J connectivity index is 1.64. The number of carbonyl (C=O) groups is 3. The molecule has 0 radical (unpaired) electrons. The van der Waals surface area contributed by atoms with Gasteiger partial charge in [-0.25, -0.2) is 0 Å². The lowest BCUT2D eigenvalue weighted by atomic mass is 9.84. The van der Waals surface area contributed by atoms with Crippen LogP contribution < -0.4 is 11.1 Å². The van der Waals surface area contributed by atoms with Crippen LogP contribution >= 0.6 is 0 Å². The van der Waals surface area contributed by atoms with Gasteiger partial charge in [-0.05, 0) is 43.4 Å². The van der Waals surface area contributed by atoms with E-state index in [1.807, 2.05) is 9.80 Å². The highest BCUT2D eigenvalue weighted by atomic mass is 16.2. The third-order valence-corrected chi connectivity index (χ3v) is 7.39. The summed E-state index contributed by atoms with van der Waals surface area (Å²) >= 11 is 0. The van der Waals surface area contributed by atoms with Gasteiger partial charge in [0.15, 0.2) is 0 Å². The minimum atomic E-state index is -0.379. The van der Waals surface area contributed by atoms with Crippen LogP contribution in [0, 0.1) is 17.8 Å². The topological polar surface area (TPSA) is 95.7 Å². The molecular formula is C24H42N4O3. The predicted molar refractivity (Wildman–Crippen MR) is 121 cm³/mol. The maximum Gasteiger partial charge on any atom is 0.245 e. The number of likely N-dealkylation sites (tertiary alicyclic amines) is 1. The number of hydrogen-bond acceptors (Lipinski definition) is 4. The van der Waals surface area contributed by atoms with Crippen molar-refractivity contribution in [3.05, 3.63) is 0 Å². The predicted octanol–water partition coefficient (Wildman–Crippen LogP) is 2.29. The first kappa shape index (κ1) is 24.0. The Kier molecular flexibility index (Phi) is 8.76. The molecule has 31 heavy (non-hydrogen) atoms. The summed E-state index contributed by atoms with van der Waals surface area (Å²) < 4.78 is 0. The van der Waals surface area contributed by atoms with Crippen LogP contribution in [0.1, 0.15) is 78.1 Å². The number of carbonyl (C=O) groups excluding carboxylic acids is 3. The van der Waals surface area contributed by atoms with Gasteiger partial charge in [0.05, 0.1) is 6.04 Å². The normalized spacial score (nSPS) is 25.1. The van der Waals surface area contributed by atoms with Crippen LogP contribution in [-0.4, -0.2) is 65.8 Å². The van der Waals surface area contributed by atoms with E-state index < -0.39 is 0 Å². The molecule has 7 heteroatoms. The third kappa shape index (κ3) is 6.67.